The number of hydrogen-bond acceptors (Lipinski definition) is 4. The maximum Gasteiger partial charge on any atom is 0.307 e. The van der Waals surface area contributed by atoms with Crippen molar-refractivity contribution in [2.24, 2.45) is 5.92 Å². The first-order valence-corrected chi connectivity index (χ1v) is 7.30. The summed E-state index contributed by atoms with van der Waals surface area (Å²) >= 11 is 0. The number of likely N-dealkylation sites (tertiary alicyclic amines) is 1. The molecule has 2 rings (SSSR count). The van der Waals surface area contributed by atoms with Gasteiger partial charge in [0.05, 0.1) is 20.1 Å². The number of rotatable bonds is 5. The molecule has 0 saturated carbocycles. The predicted molar refractivity (Wildman–Crippen MR) is 79.8 cm³/mol. The number of nitrogens with zero attached hydrogens (tertiary/aromatic N) is 1. The number of carboxylic acid groups (broad SMARTS) is 1. The molecule has 5 nitrogen and oxygen atoms in total. The second-order valence-corrected chi connectivity index (χ2v) is 5.44. The zero-order valence-electron chi connectivity index (χ0n) is 12.7. The van der Waals surface area contributed by atoms with Gasteiger partial charge in [0.1, 0.15) is 11.5 Å². The Hall–Kier alpha value is -1.75. The van der Waals surface area contributed by atoms with Gasteiger partial charge in [0.25, 0.3) is 0 Å². The first-order chi connectivity index (χ1) is 10.1. The molecule has 0 radical (unpaired) electrons. The van der Waals surface area contributed by atoms with Gasteiger partial charge in [-0.25, -0.2) is 0 Å². The normalized spacial score (nSPS) is 19.8. The monoisotopic (exact) mass is 293 g/mol. The van der Waals surface area contributed by atoms with Gasteiger partial charge in [0.2, 0.25) is 0 Å². The van der Waals surface area contributed by atoms with Gasteiger partial charge >= 0.3 is 5.97 Å². The lowest BCUT2D eigenvalue weighted by Gasteiger charge is -2.23. The van der Waals surface area contributed by atoms with Gasteiger partial charge in [-0.2, -0.15) is 0 Å². The van der Waals surface area contributed by atoms with E-state index in [1.165, 1.54) is 0 Å². The van der Waals surface area contributed by atoms with Gasteiger partial charge in [-0.3, -0.25) is 9.69 Å². The van der Waals surface area contributed by atoms with Crippen LogP contribution >= 0.6 is 0 Å². The maximum atomic E-state index is 11.3. The number of hydrogen-bond donors (Lipinski definition) is 1. The first kappa shape index (κ1) is 15.6. The molecule has 0 aromatic heterocycles. The third-order valence-corrected chi connectivity index (χ3v) is 3.99. The average molecular weight is 293 g/mol. The van der Waals surface area contributed by atoms with E-state index < -0.39 is 5.97 Å². The lowest BCUT2D eigenvalue weighted by Crippen LogP contribution is -2.31. The van der Waals surface area contributed by atoms with Crippen LogP contribution in [0.25, 0.3) is 0 Å². The number of benzene rings is 1. The van der Waals surface area contributed by atoms with Crippen molar-refractivity contribution in [1.82, 2.24) is 4.90 Å². The quantitative estimate of drug-likeness (QED) is 0.903. The van der Waals surface area contributed by atoms with Crippen LogP contribution in [0.15, 0.2) is 18.2 Å². The topological polar surface area (TPSA) is 59.0 Å². The molecule has 0 amide bonds. The molecular weight excluding hydrogens is 270 g/mol. The molecule has 1 saturated heterocycles. The van der Waals surface area contributed by atoms with Gasteiger partial charge in [-0.05, 0) is 37.6 Å². The molecule has 1 N–H and O–H groups in total. The summed E-state index contributed by atoms with van der Waals surface area (Å²) in [4.78, 5) is 13.5. The molecule has 1 fully saturated rings. The van der Waals surface area contributed by atoms with Gasteiger partial charge in [-0.15, -0.1) is 0 Å². The van der Waals surface area contributed by atoms with Crippen LogP contribution in [0.3, 0.4) is 0 Å². The van der Waals surface area contributed by atoms with E-state index >= 15 is 0 Å². The van der Waals surface area contributed by atoms with E-state index in [0.29, 0.717) is 13.1 Å². The molecule has 21 heavy (non-hydrogen) atoms. The summed E-state index contributed by atoms with van der Waals surface area (Å²) in [6.07, 6.45) is 2.78. The van der Waals surface area contributed by atoms with E-state index in [9.17, 15) is 9.90 Å². The molecule has 1 atom stereocenters. The van der Waals surface area contributed by atoms with Crippen LogP contribution in [0.2, 0.25) is 0 Å². The second kappa shape index (κ2) is 7.31. The van der Waals surface area contributed by atoms with Gasteiger partial charge in [0, 0.05) is 18.7 Å². The third-order valence-electron chi connectivity index (χ3n) is 3.99. The van der Waals surface area contributed by atoms with E-state index in [0.717, 1.165) is 42.9 Å². The fourth-order valence-corrected chi connectivity index (χ4v) is 2.81. The highest BCUT2D eigenvalue weighted by Crippen LogP contribution is 2.27. The number of carbonyl (C=O) groups is 1. The van der Waals surface area contributed by atoms with E-state index in [4.69, 9.17) is 9.47 Å². The number of methoxy groups -OCH3 is 2. The van der Waals surface area contributed by atoms with E-state index in [-0.39, 0.29) is 5.92 Å². The van der Waals surface area contributed by atoms with E-state index in [1.54, 1.807) is 14.2 Å². The Morgan fingerprint density at radius 2 is 2.14 bits per heavy atom. The Balaban J connectivity index is 2.13. The predicted octanol–water partition coefficient (Wildman–Crippen LogP) is 2.39. The highest BCUT2D eigenvalue weighted by molar-refractivity contribution is 5.70. The summed E-state index contributed by atoms with van der Waals surface area (Å²) in [5.41, 5.74) is 1.03. The lowest BCUT2D eigenvalue weighted by molar-refractivity contribution is -0.142. The molecule has 0 bridgehead atoms. The van der Waals surface area contributed by atoms with Crippen molar-refractivity contribution in [3.05, 3.63) is 23.8 Å². The lowest BCUT2D eigenvalue weighted by atomic mass is 10.0. The van der Waals surface area contributed by atoms with Crippen LogP contribution in [-0.2, 0) is 11.3 Å². The Morgan fingerprint density at radius 3 is 2.81 bits per heavy atom. The largest absolute Gasteiger partial charge is 0.497 e. The van der Waals surface area contributed by atoms with Crippen molar-refractivity contribution in [1.29, 1.82) is 0 Å². The van der Waals surface area contributed by atoms with Crippen LogP contribution in [0.5, 0.6) is 11.5 Å². The van der Waals surface area contributed by atoms with Crippen molar-refractivity contribution >= 4 is 5.97 Å². The zero-order chi connectivity index (χ0) is 15.2. The van der Waals surface area contributed by atoms with Crippen molar-refractivity contribution < 1.29 is 19.4 Å². The van der Waals surface area contributed by atoms with E-state index in [2.05, 4.69) is 4.90 Å². The highest BCUT2D eigenvalue weighted by Gasteiger charge is 2.24. The molecule has 1 aromatic carbocycles. The number of ether oxygens (including phenoxy) is 2. The maximum absolute atomic E-state index is 11.3. The minimum Gasteiger partial charge on any atom is -0.497 e. The molecule has 5 heteroatoms. The van der Waals surface area contributed by atoms with Crippen molar-refractivity contribution in [2.45, 2.75) is 25.8 Å². The van der Waals surface area contributed by atoms with Crippen LogP contribution < -0.4 is 9.47 Å². The molecular formula is C16H23NO4. The summed E-state index contributed by atoms with van der Waals surface area (Å²) in [7, 11) is 3.28. The molecule has 1 aliphatic rings. The SMILES string of the molecule is COc1ccc(OC)c(CN2CCCCC(C(=O)O)C2)c1. The second-order valence-electron chi connectivity index (χ2n) is 5.44. The van der Waals surface area contributed by atoms with Crippen molar-refractivity contribution in [2.75, 3.05) is 27.3 Å². The highest BCUT2D eigenvalue weighted by atomic mass is 16.5. The molecule has 1 unspecified atom stereocenters. The summed E-state index contributed by atoms with van der Waals surface area (Å²) < 4.78 is 10.7. The van der Waals surface area contributed by atoms with Crippen LogP contribution in [0.4, 0.5) is 0 Å². The van der Waals surface area contributed by atoms with E-state index in [1.807, 2.05) is 18.2 Å². The Labute approximate surface area is 125 Å². The minimum absolute atomic E-state index is 0.274. The van der Waals surface area contributed by atoms with Crippen molar-refractivity contribution in [3.8, 4) is 11.5 Å². The molecule has 0 aliphatic carbocycles. The Kier molecular flexibility index (Phi) is 5.44. The smallest absolute Gasteiger partial charge is 0.307 e. The summed E-state index contributed by atoms with van der Waals surface area (Å²) in [5.74, 6) is 0.630. The van der Waals surface area contributed by atoms with Crippen molar-refractivity contribution in [3.63, 3.8) is 0 Å². The molecule has 116 valence electrons. The van der Waals surface area contributed by atoms with Crippen LogP contribution in [0, 0.1) is 5.92 Å². The minimum atomic E-state index is -0.695. The van der Waals surface area contributed by atoms with Gasteiger partial charge < -0.3 is 14.6 Å². The molecule has 1 aromatic rings. The average Bonchev–Trinajstić information content (AvgIpc) is 2.73. The number of carboxylic acids is 1. The Bertz CT molecular complexity index is 489. The standard InChI is InChI=1S/C16H23NO4/c1-20-14-6-7-15(21-2)13(9-14)11-17-8-4-3-5-12(10-17)16(18)19/h6-7,9,12H,3-5,8,10-11H2,1-2H3,(H,18,19). The zero-order valence-corrected chi connectivity index (χ0v) is 12.7. The third kappa shape index (κ3) is 4.11. The Morgan fingerprint density at radius 1 is 1.33 bits per heavy atom. The molecule has 1 aliphatic heterocycles. The van der Waals surface area contributed by atoms with Crippen LogP contribution in [0.1, 0.15) is 24.8 Å². The fourth-order valence-electron chi connectivity index (χ4n) is 2.81. The first-order valence-electron chi connectivity index (χ1n) is 7.30. The molecule has 1 heterocycles. The molecule has 0 spiro atoms. The van der Waals surface area contributed by atoms with Crippen LogP contribution in [-0.4, -0.2) is 43.3 Å². The van der Waals surface area contributed by atoms with Gasteiger partial charge in [-0.1, -0.05) is 6.42 Å². The summed E-state index contributed by atoms with van der Waals surface area (Å²) in [6.45, 7) is 2.20. The fraction of sp³-hybridized carbons (Fsp3) is 0.562. The summed E-state index contributed by atoms with van der Waals surface area (Å²) in [5, 5.41) is 9.26. The number of aliphatic carboxylic acids is 1. The summed E-state index contributed by atoms with van der Waals surface area (Å²) in [6, 6.07) is 5.71. The van der Waals surface area contributed by atoms with Gasteiger partial charge in [0.15, 0.2) is 0 Å².